The topological polar surface area (TPSA) is 21.3 Å². The first-order valence-corrected chi connectivity index (χ1v) is 8.24. The van der Waals surface area contributed by atoms with Crippen LogP contribution in [0.3, 0.4) is 0 Å². The molecule has 0 spiro atoms. The third kappa shape index (κ3) is 2.72. The molecule has 0 aliphatic carbocycles. The zero-order valence-electron chi connectivity index (χ0n) is 12.4. The highest BCUT2D eigenvalue weighted by Crippen LogP contribution is 2.38. The van der Waals surface area contributed by atoms with Crippen molar-refractivity contribution in [3.05, 3.63) is 63.1 Å². The second kappa shape index (κ2) is 6.20. The van der Waals surface area contributed by atoms with Gasteiger partial charge in [-0.25, -0.2) is 0 Å². The minimum Gasteiger partial charge on any atom is -0.493 e. The highest BCUT2D eigenvalue weighted by Gasteiger charge is 2.24. The molecule has 1 aliphatic rings. The summed E-state index contributed by atoms with van der Waals surface area (Å²) in [6.45, 7) is 6.01. The van der Waals surface area contributed by atoms with Crippen molar-refractivity contribution in [2.75, 3.05) is 13.2 Å². The first-order chi connectivity index (χ1) is 10.2. The van der Waals surface area contributed by atoms with E-state index in [1.807, 2.05) is 0 Å². The lowest BCUT2D eigenvalue weighted by molar-refractivity contribution is 0.350. The van der Waals surface area contributed by atoms with E-state index in [4.69, 9.17) is 4.74 Å². The molecule has 2 nitrogen and oxygen atoms in total. The molecular formula is C18H20BrNO. The van der Waals surface area contributed by atoms with Crippen molar-refractivity contribution in [2.45, 2.75) is 26.3 Å². The van der Waals surface area contributed by atoms with Gasteiger partial charge in [-0.3, -0.25) is 0 Å². The second-order valence-electron chi connectivity index (χ2n) is 5.38. The molecular weight excluding hydrogens is 326 g/mol. The van der Waals surface area contributed by atoms with Gasteiger partial charge in [0.25, 0.3) is 0 Å². The Labute approximate surface area is 134 Å². The van der Waals surface area contributed by atoms with E-state index >= 15 is 0 Å². The largest absolute Gasteiger partial charge is 0.493 e. The number of hydrogen-bond acceptors (Lipinski definition) is 2. The molecule has 21 heavy (non-hydrogen) atoms. The molecule has 3 rings (SSSR count). The van der Waals surface area contributed by atoms with Crippen molar-refractivity contribution in [3.63, 3.8) is 0 Å². The molecule has 1 atom stereocenters. The lowest BCUT2D eigenvalue weighted by Crippen LogP contribution is -2.23. The average molecular weight is 346 g/mol. The van der Waals surface area contributed by atoms with Gasteiger partial charge in [0.05, 0.1) is 12.6 Å². The molecule has 1 unspecified atom stereocenters. The van der Waals surface area contributed by atoms with Gasteiger partial charge in [0.1, 0.15) is 5.75 Å². The van der Waals surface area contributed by atoms with Gasteiger partial charge in [-0.1, -0.05) is 53.2 Å². The third-order valence-corrected chi connectivity index (χ3v) is 4.94. The van der Waals surface area contributed by atoms with E-state index < -0.39 is 0 Å². The zero-order chi connectivity index (χ0) is 14.8. The molecule has 3 heteroatoms. The summed E-state index contributed by atoms with van der Waals surface area (Å²) in [4.78, 5) is 0. The highest BCUT2D eigenvalue weighted by atomic mass is 79.9. The summed E-state index contributed by atoms with van der Waals surface area (Å²) in [5, 5.41) is 3.61. The monoisotopic (exact) mass is 345 g/mol. The van der Waals surface area contributed by atoms with Crippen molar-refractivity contribution in [3.8, 4) is 5.75 Å². The van der Waals surface area contributed by atoms with Crippen molar-refractivity contribution in [2.24, 2.45) is 0 Å². The molecule has 0 saturated carbocycles. The summed E-state index contributed by atoms with van der Waals surface area (Å²) in [5.74, 6) is 1.07. The van der Waals surface area contributed by atoms with Gasteiger partial charge in [-0.15, -0.1) is 0 Å². The summed E-state index contributed by atoms with van der Waals surface area (Å²) >= 11 is 3.64. The molecule has 1 heterocycles. The quantitative estimate of drug-likeness (QED) is 0.887. The summed E-state index contributed by atoms with van der Waals surface area (Å²) in [6.07, 6.45) is 1.01. The number of nitrogens with one attached hydrogen (secondary N) is 1. The Morgan fingerprint density at radius 2 is 1.95 bits per heavy atom. The highest BCUT2D eigenvalue weighted by molar-refractivity contribution is 9.10. The molecule has 0 bridgehead atoms. The van der Waals surface area contributed by atoms with Crippen LogP contribution in [0.25, 0.3) is 0 Å². The Kier molecular flexibility index (Phi) is 4.32. The van der Waals surface area contributed by atoms with Gasteiger partial charge in [-0.2, -0.15) is 0 Å². The number of benzene rings is 2. The second-order valence-corrected chi connectivity index (χ2v) is 6.23. The predicted molar refractivity (Wildman–Crippen MR) is 90.0 cm³/mol. The van der Waals surface area contributed by atoms with Crippen molar-refractivity contribution < 1.29 is 4.74 Å². The Bertz CT molecular complexity index is 654. The Balaban J connectivity index is 2.11. The lowest BCUT2D eigenvalue weighted by atomic mass is 9.93. The zero-order valence-corrected chi connectivity index (χ0v) is 14.0. The maximum atomic E-state index is 5.90. The van der Waals surface area contributed by atoms with Crippen molar-refractivity contribution in [1.29, 1.82) is 0 Å². The van der Waals surface area contributed by atoms with Crippen LogP contribution in [0.15, 0.2) is 40.9 Å². The minimum atomic E-state index is 0.167. The van der Waals surface area contributed by atoms with Crippen LogP contribution < -0.4 is 10.1 Å². The normalized spacial score (nSPS) is 14.6. The number of rotatable bonds is 4. The number of halogens is 1. The van der Waals surface area contributed by atoms with Crippen LogP contribution in [0.5, 0.6) is 5.75 Å². The molecule has 1 N–H and O–H groups in total. The van der Waals surface area contributed by atoms with Crippen LogP contribution in [-0.4, -0.2) is 13.2 Å². The van der Waals surface area contributed by atoms with Crippen LogP contribution in [-0.2, 0) is 6.42 Å². The van der Waals surface area contributed by atoms with Gasteiger partial charge in [0.2, 0.25) is 0 Å². The van der Waals surface area contributed by atoms with Crippen LogP contribution in [0.4, 0.5) is 0 Å². The van der Waals surface area contributed by atoms with E-state index in [9.17, 15) is 0 Å². The van der Waals surface area contributed by atoms with E-state index in [1.165, 1.54) is 22.3 Å². The molecule has 110 valence electrons. The van der Waals surface area contributed by atoms with Crippen molar-refractivity contribution >= 4 is 15.9 Å². The summed E-state index contributed by atoms with van der Waals surface area (Å²) in [7, 11) is 0. The Morgan fingerprint density at radius 3 is 2.76 bits per heavy atom. The summed E-state index contributed by atoms with van der Waals surface area (Å²) in [6, 6.07) is 13.0. The molecule has 0 amide bonds. The van der Waals surface area contributed by atoms with Gasteiger partial charge in [0, 0.05) is 16.5 Å². The predicted octanol–water partition coefficient (Wildman–Crippen LogP) is 4.39. The fourth-order valence-electron chi connectivity index (χ4n) is 3.00. The first-order valence-electron chi connectivity index (χ1n) is 7.45. The van der Waals surface area contributed by atoms with E-state index in [0.29, 0.717) is 0 Å². The molecule has 0 saturated heterocycles. The van der Waals surface area contributed by atoms with Crippen LogP contribution >= 0.6 is 15.9 Å². The van der Waals surface area contributed by atoms with Crippen LogP contribution in [0.2, 0.25) is 0 Å². The number of para-hydroxylation sites is 1. The van der Waals surface area contributed by atoms with Gasteiger partial charge < -0.3 is 10.1 Å². The lowest BCUT2D eigenvalue weighted by Gasteiger charge is -2.23. The Hall–Kier alpha value is -1.32. The summed E-state index contributed by atoms with van der Waals surface area (Å²) < 4.78 is 7.05. The first kappa shape index (κ1) is 14.6. The fourth-order valence-corrected chi connectivity index (χ4v) is 3.38. The van der Waals surface area contributed by atoms with Crippen LogP contribution in [0.1, 0.15) is 35.2 Å². The maximum absolute atomic E-state index is 5.90. The standard InChI is InChI=1S/C18H20BrNO/c1-3-20-17(14-7-5-9-16(19)12(14)2)15-8-4-6-13-10-11-21-18(13)15/h4-9,17,20H,3,10-11H2,1-2H3. The number of fused-ring (bicyclic) bond motifs is 1. The summed E-state index contributed by atoms with van der Waals surface area (Å²) in [5.41, 5.74) is 5.14. The van der Waals surface area contributed by atoms with Crippen molar-refractivity contribution in [1.82, 2.24) is 5.32 Å². The third-order valence-electron chi connectivity index (χ3n) is 4.08. The fraction of sp³-hybridized carbons (Fsp3) is 0.333. The molecule has 1 aliphatic heterocycles. The Morgan fingerprint density at radius 1 is 1.19 bits per heavy atom. The molecule has 2 aromatic rings. The smallest absolute Gasteiger partial charge is 0.127 e. The number of ether oxygens (including phenoxy) is 1. The van der Waals surface area contributed by atoms with Gasteiger partial charge in [-0.05, 0) is 36.2 Å². The average Bonchev–Trinajstić information content (AvgIpc) is 2.97. The minimum absolute atomic E-state index is 0.167. The molecule has 0 radical (unpaired) electrons. The molecule has 0 aromatic heterocycles. The SMILES string of the molecule is CCNC(c1cccc(Br)c1C)c1cccc2c1OCC2. The van der Waals surface area contributed by atoms with Gasteiger partial charge in [0.15, 0.2) is 0 Å². The molecule has 0 fully saturated rings. The molecule has 2 aromatic carbocycles. The van der Waals surface area contributed by atoms with E-state index in [1.54, 1.807) is 0 Å². The van der Waals surface area contributed by atoms with Gasteiger partial charge >= 0.3 is 0 Å². The van der Waals surface area contributed by atoms with E-state index in [-0.39, 0.29) is 6.04 Å². The number of hydrogen-bond donors (Lipinski definition) is 1. The van der Waals surface area contributed by atoms with E-state index in [0.717, 1.165) is 29.8 Å². The van der Waals surface area contributed by atoms with Crippen LogP contribution in [0, 0.1) is 6.92 Å². The maximum Gasteiger partial charge on any atom is 0.127 e. The van der Waals surface area contributed by atoms with E-state index in [2.05, 4.69) is 71.5 Å².